The first kappa shape index (κ1) is 13.7. The van der Waals surface area contributed by atoms with Crippen LogP contribution >= 0.6 is 0 Å². The molecular formula is C14H20N4O. The summed E-state index contributed by atoms with van der Waals surface area (Å²) in [6.07, 6.45) is 5.59. The lowest BCUT2D eigenvalue weighted by Crippen LogP contribution is -2.26. The highest BCUT2D eigenvalue weighted by atomic mass is 16.3. The Morgan fingerprint density at radius 1 is 1.32 bits per heavy atom. The molecule has 0 saturated heterocycles. The maximum Gasteiger partial charge on any atom is 0.0969 e. The van der Waals surface area contributed by atoms with Crippen molar-refractivity contribution in [3.63, 3.8) is 0 Å². The molecule has 0 radical (unpaired) electrons. The van der Waals surface area contributed by atoms with E-state index in [0.29, 0.717) is 6.54 Å². The first-order chi connectivity index (χ1) is 9.24. The smallest absolute Gasteiger partial charge is 0.0969 e. The molecule has 0 aliphatic carbocycles. The minimum atomic E-state index is 0.179. The Balaban J connectivity index is 2.26. The summed E-state index contributed by atoms with van der Waals surface area (Å²) in [4.78, 5) is 6.23. The standard InChI is InChI=1S/C14H20N4O/c1-3-18(8-9-19)11-13-10-17(2)16-14(13)12-4-6-15-7-5-12/h4-7,10,19H,3,8-9,11H2,1-2H3. The van der Waals surface area contributed by atoms with Crippen LogP contribution in [0.3, 0.4) is 0 Å². The summed E-state index contributed by atoms with van der Waals surface area (Å²) in [5, 5.41) is 13.6. The van der Waals surface area contributed by atoms with E-state index >= 15 is 0 Å². The normalized spacial score (nSPS) is 11.2. The summed E-state index contributed by atoms with van der Waals surface area (Å²) >= 11 is 0. The summed E-state index contributed by atoms with van der Waals surface area (Å²) in [6, 6.07) is 3.93. The molecule has 0 aromatic carbocycles. The number of aliphatic hydroxyl groups is 1. The number of pyridine rings is 1. The van der Waals surface area contributed by atoms with Gasteiger partial charge in [0.05, 0.1) is 12.3 Å². The van der Waals surface area contributed by atoms with Crippen molar-refractivity contribution in [2.75, 3.05) is 19.7 Å². The molecule has 0 unspecified atom stereocenters. The van der Waals surface area contributed by atoms with Crippen LogP contribution in [0, 0.1) is 0 Å². The molecule has 5 heteroatoms. The molecule has 0 amide bonds. The van der Waals surface area contributed by atoms with Gasteiger partial charge in [-0.15, -0.1) is 0 Å². The van der Waals surface area contributed by atoms with Gasteiger partial charge in [-0.05, 0) is 18.7 Å². The number of aliphatic hydroxyl groups excluding tert-OH is 1. The molecule has 0 fully saturated rings. The van der Waals surface area contributed by atoms with Gasteiger partial charge < -0.3 is 5.11 Å². The van der Waals surface area contributed by atoms with Gasteiger partial charge in [0.1, 0.15) is 0 Å². The van der Waals surface area contributed by atoms with Crippen molar-refractivity contribution < 1.29 is 5.11 Å². The molecule has 2 aromatic heterocycles. The molecule has 2 aromatic rings. The van der Waals surface area contributed by atoms with E-state index in [4.69, 9.17) is 5.11 Å². The predicted molar refractivity (Wildman–Crippen MR) is 74.5 cm³/mol. The van der Waals surface area contributed by atoms with Crippen molar-refractivity contribution in [2.24, 2.45) is 7.05 Å². The maximum atomic E-state index is 9.07. The van der Waals surface area contributed by atoms with Gasteiger partial charge in [0.2, 0.25) is 0 Å². The van der Waals surface area contributed by atoms with E-state index in [1.807, 2.05) is 30.1 Å². The molecular weight excluding hydrogens is 240 g/mol. The van der Waals surface area contributed by atoms with Crippen LogP contribution in [0.25, 0.3) is 11.3 Å². The summed E-state index contributed by atoms with van der Waals surface area (Å²) in [7, 11) is 1.93. The van der Waals surface area contributed by atoms with E-state index in [0.717, 1.165) is 24.3 Å². The number of rotatable bonds is 6. The number of aromatic nitrogens is 3. The summed E-state index contributed by atoms with van der Waals surface area (Å²) < 4.78 is 1.83. The van der Waals surface area contributed by atoms with Crippen LogP contribution < -0.4 is 0 Å². The average Bonchev–Trinajstić information content (AvgIpc) is 2.80. The van der Waals surface area contributed by atoms with Gasteiger partial charge in [-0.25, -0.2) is 0 Å². The number of hydrogen-bond acceptors (Lipinski definition) is 4. The zero-order valence-corrected chi connectivity index (χ0v) is 11.5. The molecule has 2 heterocycles. The number of likely N-dealkylation sites (N-methyl/N-ethyl adjacent to an activating group) is 1. The molecule has 0 aliphatic rings. The van der Waals surface area contributed by atoms with Crippen LogP contribution in [0.1, 0.15) is 12.5 Å². The van der Waals surface area contributed by atoms with E-state index < -0.39 is 0 Å². The monoisotopic (exact) mass is 260 g/mol. The van der Waals surface area contributed by atoms with Gasteiger partial charge in [-0.1, -0.05) is 6.92 Å². The second kappa shape index (κ2) is 6.45. The minimum absolute atomic E-state index is 0.179. The molecule has 2 rings (SSSR count). The van der Waals surface area contributed by atoms with E-state index in [9.17, 15) is 0 Å². The second-order valence-electron chi connectivity index (χ2n) is 4.50. The Labute approximate surface area is 113 Å². The molecule has 0 bridgehead atoms. The summed E-state index contributed by atoms with van der Waals surface area (Å²) in [6.45, 7) is 4.66. The Hall–Kier alpha value is -1.72. The SMILES string of the molecule is CCN(CCO)Cc1cn(C)nc1-c1ccncc1. The van der Waals surface area contributed by atoms with Gasteiger partial charge in [0.25, 0.3) is 0 Å². The Kier molecular flexibility index (Phi) is 4.65. The highest BCUT2D eigenvalue weighted by Gasteiger charge is 2.12. The predicted octanol–water partition coefficient (Wildman–Crippen LogP) is 1.30. The number of hydrogen-bond donors (Lipinski definition) is 1. The molecule has 5 nitrogen and oxygen atoms in total. The van der Waals surface area contributed by atoms with Crippen molar-refractivity contribution in [3.05, 3.63) is 36.3 Å². The van der Waals surface area contributed by atoms with Crippen LogP contribution in [0.5, 0.6) is 0 Å². The zero-order valence-electron chi connectivity index (χ0n) is 11.5. The summed E-state index contributed by atoms with van der Waals surface area (Å²) in [5.74, 6) is 0. The third-order valence-corrected chi connectivity index (χ3v) is 3.12. The van der Waals surface area contributed by atoms with Crippen molar-refractivity contribution >= 4 is 0 Å². The Morgan fingerprint density at radius 2 is 2.05 bits per heavy atom. The topological polar surface area (TPSA) is 54.2 Å². The van der Waals surface area contributed by atoms with Crippen LogP contribution in [0.4, 0.5) is 0 Å². The van der Waals surface area contributed by atoms with Crippen LogP contribution in [-0.4, -0.2) is 44.5 Å². The largest absolute Gasteiger partial charge is 0.395 e. The lowest BCUT2D eigenvalue weighted by atomic mass is 10.1. The highest BCUT2D eigenvalue weighted by Crippen LogP contribution is 2.22. The fraction of sp³-hybridized carbons (Fsp3) is 0.429. The molecule has 0 atom stereocenters. The summed E-state index contributed by atoms with van der Waals surface area (Å²) in [5.41, 5.74) is 3.23. The van der Waals surface area contributed by atoms with Gasteiger partial charge in [-0.3, -0.25) is 14.6 Å². The zero-order chi connectivity index (χ0) is 13.7. The molecule has 0 saturated carbocycles. The van der Waals surface area contributed by atoms with E-state index in [1.165, 1.54) is 5.56 Å². The van der Waals surface area contributed by atoms with Crippen LogP contribution in [-0.2, 0) is 13.6 Å². The third-order valence-electron chi connectivity index (χ3n) is 3.12. The van der Waals surface area contributed by atoms with Crippen LogP contribution in [0.2, 0.25) is 0 Å². The van der Waals surface area contributed by atoms with Gasteiger partial charge in [0, 0.05) is 49.9 Å². The second-order valence-corrected chi connectivity index (χ2v) is 4.50. The molecule has 0 aliphatic heterocycles. The molecule has 102 valence electrons. The first-order valence-corrected chi connectivity index (χ1v) is 6.50. The van der Waals surface area contributed by atoms with Crippen molar-refractivity contribution in [1.82, 2.24) is 19.7 Å². The first-order valence-electron chi connectivity index (χ1n) is 6.50. The van der Waals surface area contributed by atoms with Crippen molar-refractivity contribution in [3.8, 4) is 11.3 Å². The maximum absolute atomic E-state index is 9.07. The molecule has 0 spiro atoms. The lowest BCUT2D eigenvalue weighted by molar-refractivity contribution is 0.197. The third kappa shape index (κ3) is 3.39. The average molecular weight is 260 g/mol. The Bertz CT molecular complexity index is 509. The molecule has 19 heavy (non-hydrogen) atoms. The quantitative estimate of drug-likeness (QED) is 0.850. The lowest BCUT2D eigenvalue weighted by Gasteiger charge is -2.18. The van der Waals surface area contributed by atoms with E-state index in [-0.39, 0.29) is 6.61 Å². The Morgan fingerprint density at radius 3 is 2.68 bits per heavy atom. The van der Waals surface area contributed by atoms with Gasteiger partial charge >= 0.3 is 0 Å². The fourth-order valence-corrected chi connectivity index (χ4v) is 2.14. The minimum Gasteiger partial charge on any atom is -0.395 e. The fourth-order valence-electron chi connectivity index (χ4n) is 2.14. The van der Waals surface area contributed by atoms with E-state index in [2.05, 4.69) is 21.9 Å². The highest BCUT2D eigenvalue weighted by molar-refractivity contribution is 5.61. The van der Waals surface area contributed by atoms with E-state index in [1.54, 1.807) is 12.4 Å². The van der Waals surface area contributed by atoms with Gasteiger partial charge in [-0.2, -0.15) is 5.10 Å². The van der Waals surface area contributed by atoms with Gasteiger partial charge in [0.15, 0.2) is 0 Å². The molecule has 1 N–H and O–H groups in total. The van der Waals surface area contributed by atoms with Crippen LogP contribution in [0.15, 0.2) is 30.7 Å². The van der Waals surface area contributed by atoms with Crippen molar-refractivity contribution in [1.29, 1.82) is 0 Å². The van der Waals surface area contributed by atoms with Crippen molar-refractivity contribution in [2.45, 2.75) is 13.5 Å². The number of nitrogens with zero attached hydrogens (tertiary/aromatic N) is 4. The number of aryl methyl sites for hydroxylation is 1.